The SMILES string of the molecule is CCCCCCCCCCCCCOC(=O)CN(CC(=O)OCCCCCCCCCCCCC)C(=O)OCCN(CCOC(=O)N(CC(=O)OCCCCCCCCCCCCC)CC(=O)OCCCCCCCCCCCCC)CCN(CC)CC. The largest absolute Gasteiger partial charge is 0.464 e. The van der Waals surface area contributed by atoms with Gasteiger partial charge in [-0.3, -0.25) is 33.9 Å². The number of carbonyl (C=O) groups excluding carboxylic acids is 6. The summed E-state index contributed by atoms with van der Waals surface area (Å²) in [5.41, 5.74) is 0. The van der Waals surface area contributed by atoms with E-state index in [0.717, 1.165) is 126 Å². The van der Waals surface area contributed by atoms with E-state index >= 15 is 0 Å². The highest BCUT2D eigenvalue weighted by Gasteiger charge is 2.26. The van der Waals surface area contributed by atoms with Crippen LogP contribution in [0, 0.1) is 0 Å². The van der Waals surface area contributed by atoms with Crippen molar-refractivity contribution in [2.45, 2.75) is 324 Å². The molecular formula is C72H138N4O12. The van der Waals surface area contributed by atoms with E-state index in [2.05, 4.69) is 46.4 Å². The number of ether oxygens (including phenoxy) is 6. The fourth-order valence-corrected chi connectivity index (χ4v) is 10.8. The smallest absolute Gasteiger partial charge is 0.410 e. The maximum Gasteiger partial charge on any atom is 0.410 e. The minimum Gasteiger partial charge on any atom is -0.464 e. The third-order valence-corrected chi connectivity index (χ3v) is 16.7. The molecule has 0 aliphatic carbocycles. The van der Waals surface area contributed by atoms with Crippen LogP contribution >= 0.6 is 0 Å². The summed E-state index contributed by atoms with van der Waals surface area (Å²) in [7, 11) is 0. The Bertz CT molecular complexity index is 1410. The summed E-state index contributed by atoms with van der Waals surface area (Å²) >= 11 is 0. The van der Waals surface area contributed by atoms with Crippen molar-refractivity contribution in [2.75, 3.05) is 105 Å². The average molecular weight is 1250 g/mol. The van der Waals surface area contributed by atoms with Crippen LogP contribution in [0.4, 0.5) is 9.59 Å². The summed E-state index contributed by atoms with van der Waals surface area (Å²) in [6.07, 6.45) is 49.8. The van der Waals surface area contributed by atoms with Crippen molar-refractivity contribution in [3.63, 3.8) is 0 Å². The summed E-state index contributed by atoms with van der Waals surface area (Å²) < 4.78 is 33.7. The summed E-state index contributed by atoms with van der Waals surface area (Å²) in [6, 6.07) is 0. The van der Waals surface area contributed by atoms with Crippen molar-refractivity contribution in [2.24, 2.45) is 0 Å². The fourth-order valence-electron chi connectivity index (χ4n) is 10.8. The van der Waals surface area contributed by atoms with Gasteiger partial charge in [-0.2, -0.15) is 0 Å². The van der Waals surface area contributed by atoms with Gasteiger partial charge in [0.05, 0.1) is 26.4 Å². The van der Waals surface area contributed by atoms with Crippen molar-refractivity contribution in [3.8, 4) is 0 Å². The highest BCUT2D eigenvalue weighted by Crippen LogP contribution is 2.16. The Morgan fingerprint density at radius 1 is 0.216 bits per heavy atom. The van der Waals surface area contributed by atoms with Gasteiger partial charge in [0.25, 0.3) is 0 Å². The topological polar surface area (TPSA) is 171 Å². The maximum absolute atomic E-state index is 13.7. The van der Waals surface area contributed by atoms with E-state index in [1.54, 1.807) is 0 Å². The molecule has 518 valence electrons. The van der Waals surface area contributed by atoms with Gasteiger partial charge in [-0.05, 0) is 38.8 Å². The Morgan fingerprint density at radius 3 is 0.614 bits per heavy atom. The summed E-state index contributed by atoms with van der Waals surface area (Å²) in [4.78, 5) is 86.5. The number of unbranched alkanes of at least 4 members (excludes halogenated alkanes) is 40. The molecule has 0 aromatic rings. The highest BCUT2D eigenvalue weighted by atomic mass is 16.6. The predicted octanol–water partition coefficient (Wildman–Crippen LogP) is 17.9. The monoisotopic (exact) mass is 1250 g/mol. The van der Waals surface area contributed by atoms with E-state index in [1.165, 1.54) is 180 Å². The fraction of sp³-hybridized carbons (Fsp3) is 0.917. The first-order valence-corrected chi connectivity index (χ1v) is 36.9. The van der Waals surface area contributed by atoms with Gasteiger partial charge in [0.15, 0.2) is 0 Å². The van der Waals surface area contributed by atoms with E-state index in [4.69, 9.17) is 28.4 Å². The van der Waals surface area contributed by atoms with Gasteiger partial charge in [0.1, 0.15) is 39.4 Å². The van der Waals surface area contributed by atoms with Crippen LogP contribution in [0.1, 0.15) is 324 Å². The number of carbonyl (C=O) groups is 6. The van der Waals surface area contributed by atoms with E-state index < -0.39 is 62.2 Å². The molecule has 0 unspecified atom stereocenters. The van der Waals surface area contributed by atoms with E-state index in [9.17, 15) is 28.8 Å². The Morgan fingerprint density at radius 2 is 0.409 bits per heavy atom. The number of esters is 4. The molecule has 0 N–H and O–H groups in total. The van der Waals surface area contributed by atoms with E-state index in [-0.39, 0.29) is 52.7 Å². The molecule has 2 amide bonds. The van der Waals surface area contributed by atoms with E-state index in [0.29, 0.717) is 13.1 Å². The Hall–Kier alpha value is -3.66. The lowest BCUT2D eigenvalue weighted by atomic mass is 10.1. The van der Waals surface area contributed by atoms with Gasteiger partial charge in [-0.25, -0.2) is 9.59 Å². The van der Waals surface area contributed by atoms with Crippen molar-refractivity contribution in [1.82, 2.24) is 19.6 Å². The second-order valence-corrected chi connectivity index (χ2v) is 24.8. The van der Waals surface area contributed by atoms with Crippen LogP contribution in [0.15, 0.2) is 0 Å². The first-order chi connectivity index (χ1) is 43.0. The predicted molar refractivity (Wildman–Crippen MR) is 360 cm³/mol. The van der Waals surface area contributed by atoms with Crippen molar-refractivity contribution < 1.29 is 57.2 Å². The molecule has 16 heteroatoms. The molecule has 0 rings (SSSR count). The number of hydrogen-bond donors (Lipinski definition) is 0. The Kier molecular flexibility index (Phi) is 63.5. The normalized spacial score (nSPS) is 11.3. The van der Waals surface area contributed by atoms with Gasteiger partial charge in [0, 0.05) is 26.2 Å². The molecule has 88 heavy (non-hydrogen) atoms. The van der Waals surface area contributed by atoms with E-state index in [1.807, 2.05) is 4.90 Å². The second-order valence-electron chi connectivity index (χ2n) is 24.8. The molecule has 0 aromatic carbocycles. The summed E-state index contributed by atoms with van der Waals surface area (Å²) in [5, 5.41) is 0. The third-order valence-electron chi connectivity index (χ3n) is 16.7. The molecule has 16 nitrogen and oxygen atoms in total. The molecule has 0 saturated heterocycles. The number of rotatable bonds is 67. The zero-order valence-electron chi connectivity index (χ0n) is 58.1. The molecule has 0 aliphatic rings. The minimum atomic E-state index is -0.838. The first kappa shape index (κ1) is 84.3. The van der Waals surface area contributed by atoms with Gasteiger partial charge in [-0.15, -0.1) is 0 Å². The first-order valence-electron chi connectivity index (χ1n) is 36.9. The van der Waals surface area contributed by atoms with Gasteiger partial charge < -0.3 is 33.3 Å². The lowest BCUT2D eigenvalue weighted by molar-refractivity contribution is -0.149. The molecule has 0 spiro atoms. The molecule has 0 aromatic heterocycles. The highest BCUT2D eigenvalue weighted by molar-refractivity contribution is 5.83. The minimum absolute atomic E-state index is 0.0782. The van der Waals surface area contributed by atoms with Crippen LogP contribution in [0.5, 0.6) is 0 Å². The molecule has 0 aliphatic heterocycles. The van der Waals surface area contributed by atoms with Crippen molar-refractivity contribution in [3.05, 3.63) is 0 Å². The van der Waals surface area contributed by atoms with Crippen LogP contribution in [-0.2, 0) is 47.6 Å². The quantitative estimate of drug-likeness (QED) is 0.0320. The summed E-state index contributed by atoms with van der Waals surface area (Å²) in [5.74, 6) is -2.47. The van der Waals surface area contributed by atoms with Gasteiger partial charge in [0.2, 0.25) is 0 Å². The lowest BCUT2D eigenvalue weighted by Gasteiger charge is -2.27. The third kappa shape index (κ3) is 57.5. The standard InChI is InChI=1S/C72H138N4O12/c1-7-13-17-21-25-29-33-37-41-45-49-57-83-67(77)63-75(64-68(78)84-58-50-46-42-38-34-30-26-22-18-14-8-2)71(81)87-61-55-74(54-53-73(11-5)12-6)56-62-88-72(82)76(65-69(79)85-59-51-47-43-39-35-31-27-23-19-15-9-3)66-70(80)86-60-52-48-44-40-36-32-28-24-20-16-10-4/h7-66H2,1-6H3. The number of amides is 2. The zero-order chi connectivity index (χ0) is 64.4. The van der Waals surface area contributed by atoms with Crippen LogP contribution in [-0.4, -0.2) is 161 Å². The van der Waals surface area contributed by atoms with Gasteiger partial charge >= 0.3 is 36.1 Å². The van der Waals surface area contributed by atoms with Crippen LogP contribution in [0.2, 0.25) is 0 Å². The van der Waals surface area contributed by atoms with Crippen LogP contribution in [0.25, 0.3) is 0 Å². The van der Waals surface area contributed by atoms with Crippen LogP contribution < -0.4 is 0 Å². The lowest BCUT2D eigenvalue weighted by Crippen LogP contribution is -2.43. The molecule has 0 bridgehead atoms. The molecule has 0 atom stereocenters. The summed E-state index contributed by atoms with van der Waals surface area (Å²) in [6.45, 7) is 15.5. The van der Waals surface area contributed by atoms with Crippen molar-refractivity contribution in [1.29, 1.82) is 0 Å². The molecule has 0 fully saturated rings. The molecule has 0 heterocycles. The maximum atomic E-state index is 13.7. The molecule has 0 saturated carbocycles. The zero-order valence-corrected chi connectivity index (χ0v) is 58.1. The average Bonchev–Trinajstić information content (AvgIpc) is 3.60. The Balaban J connectivity index is 5.66. The van der Waals surface area contributed by atoms with Crippen LogP contribution in [0.3, 0.4) is 0 Å². The molecule has 0 radical (unpaired) electrons. The van der Waals surface area contributed by atoms with Gasteiger partial charge in [-0.1, -0.05) is 298 Å². The number of hydrogen-bond acceptors (Lipinski definition) is 14. The number of nitrogens with zero attached hydrogens (tertiary/aromatic N) is 4. The number of likely N-dealkylation sites (N-methyl/N-ethyl adjacent to an activating group) is 1. The van der Waals surface area contributed by atoms with Crippen molar-refractivity contribution >= 4 is 36.1 Å². The molecular weight excluding hydrogens is 1110 g/mol. The second kappa shape index (κ2) is 66.3. The Labute approximate surface area is 539 Å².